The zero-order valence-electron chi connectivity index (χ0n) is 12.6. The van der Waals surface area contributed by atoms with Crippen LogP contribution in [-0.2, 0) is 11.2 Å². The average Bonchev–Trinajstić information content (AvgIpc) is 2.34. The molecule has 0 amide bonds. The van der Waals surface area contributed by atoms with E-state index in [9.17, 15) is 0 Å². The molecule has 2 heteroatoms. The van der Waals surface area contributed by atoms with Gasteiger partial charge in [0.05, 0.1) is 12.2 Å². The molecule has 1 aromatic rings. The molecule has 0 heterocycles. The van der Waals surface area contributed by atoms with E-state index in [1.54, 1.807) is 0 Å². The highest BCUT2D eigenvalue weighted by molar-refractivity contribution is 5.31. The third kappa shape index (κ3) is 3.37. The Morgan fingerprint density at radius 1 is 1.26 bits per heavy atom. The Morgan fingerprint density at radius 2 is 1.95 bits per heavy atom. The van der Waals surface area contributed by atoms with Crippen LogP contribution < -0.4 is 5.73 Å². The van der Waals surface area contributed by atoms with E-state index in [1.165, 1.54) is 24.0 Å². The van der Waals surface area contributed by atoms with Crippen LogP contribution in [-0.4, -0.2) is 12.1 Å². The van der Waals surface area contributed by atoms with Gasteiger partial charge in [0.2, 0.25) is 0 Å². The Bertz CT molecular complexity index is 420. The normalized spacial score (nSPS) is 22.7. The second kappa shape index (κ2) is 5.64. The largest absolute Gasteiger partial charge is 0.368 e. The van der Waals surface area contributed by atoms with E-state index in [1.807, 2.05) is 6.92 Å². The molecule has 19 heavy (non-hydrogen) atoms. The van der Waals surface area contributed by atoms with Crippen molar-refractivity contribution in [3.05, 3.63) is 35.4 Å². The molecular formula is C17H27NO. The summed E-state index contributed by atoms with van der Waals surface area (Å²) in [6.07, 6.45) is 3.78. The number of fused-ring (bicyclic) bond motifs is 1. The SMILES string of the molecule is CC(N)C(OC1CCCc2ccccc21)C(C)(C)C. The number of hydrogen-bond donors (Lipinski definition) is 1. The van der Waals surface area contributed by atoms with Gasteiger partial charge in [-0.3, -0.25) is 0 Å². The molecule has 0 spiro atoms. The van der Waals surface area contributed by atoms with Crippen molar-refractivity contribution in [2.75, 3.05) is 0 Å². The summed E-state index contributed by atoms with van der Waals surface area (Å²) in [6.45, 7) is 8.66. The van der Waals surface area contributed by atoms with Crippen molar-refractivity contribution in [3.8, 4) is 0 Å². The van der Waals surface area contributed by atoms with Crippen molar-refractivity contribution >= 4 is 0 Å². The minimum atomic E-state index is 0.0501. The molecule has 0 aromatic heterocycles. The summed E-state index contributed by atoms with van der Waals surface area (Å²) < 4.78 is 6.42. The maximum atomic E-state index is 6.42. The third-order valence-corrected chi connectivity index (χ3v) is 3.96. The highest BCUT2D eigenvalue weighted by Crippen LogP contribution is 2.36. The van der Waals surface area contributed by atoms with Gasteiger partial charge in [-0.2, -0.15) is 0 Å². The Labute approximate surface area is 117 Å². The molecular weight excluding hydrogens is 234 g/mol. The molecule has 0 fully saturated rings. The van der Waals surface area contributed by atoms with Gasteiger partial charge < -0.3 is 10.5 Å². The molecule has 1 aromatic carbocycles. The van der Waals surface area contributed by atoms with Crippen molar-refractivity contribution in [2.45, 2.75) is 65.2 Å². The summed E-state index contributed by atoms with van der Waals surface area (Å²) in [4.78, 5) is 0. The second-order valence-corrected chi connectivity index (χ2v) is 6.86. The summed E-state index contributed by atoms with van der Waals surface area (Å²) in [5.41, 5.74) is 9.01. The van der Waals surface area contributed by atoms with Crippen LogP contribution in [0.4, 0.5) is 0 Å². The van der Waals surface area contributed by atoms with Crippen LogP contribution >= 0.6 is 0 Å². The Hall–Kier alpha value is -0.860. The topological polar surface area (TPSA) is 35.2 Å². The van der Waals surface area contributed by atoms with Crippen LogP contribution in [0.2, 0.25) is 0 Å². The quantitative estimate of drug-likeness (QED) is 0.897. The van der Waals surface area contributed by atoms with Crippen LogP contribution in [0.25, 0.3) is 0 Å². The average molecular weight is 261 g/mol. The third-order valence-electron chi connectivity index (χ3n) is 3.96. The first-order chi connectivity index (χ1) is 8.89. The fraction of sp³-hybridized carbons (Fsp3) is 0.647. The van der Waals surface area contributed by atoms with Crippen molar-refractivity contribution in [2.24, 2.45) is 11.1 Å². The fourth-order valence-corrected chi connectivity index (χ4v) is 3.14. The van der Waals surface area contributed by atoms with E-state index in [-0.39, 0.29) is 23.7 Å². The minimum absolute atomic E-state index is 0.0501. The molecule has 2 rings (SSSR count). The lowest BCUT2D eigenvalue weighted by Crippen LogP contribution is -2.44. The highest BCUT2D eigenvalue weighted by atomic mass is 16.5. The van der Waals surface area contributed by atoms with Gasteiger partial charge in [0, 0.05) is 6.04 Å². The van der Waals surface area contributed by atoms with E-state index in [2.05, 4.69) is 45.0 Å². The second-order valence-electron chi connectivity index (χ2n) is 6.86. The van der Waals surface area contributed by atoms with E-state index in [0.717, 1.165) is 6.42 Å². The van der Waals surface area contributed by atoms with Gasteiger partial charge in [-0.1, -0.05) is 45.0 Å². The van der Waals surface area contributed by atoms with Crippen molar-refractivity contribution in [3.63, 3.8) is 0 Å². The van der Waals surface area contributed by atoms with Gasteiger partial charge in [0.15, 0.2) is 0 Å². The van der Waals surface area contributed by atoms with E-state index < -0.39 is 0 Å². The van der Waals surface area contributed by atoms with Gasteiger partial charge in [-0.15, -0.1) is 0 Å². The molecule has 1 aliphatic carbocycles. The number of aryl methyl sites for hydroxylation is 1. The van der Waals surface area contributed by atoms with Gasteiger partial charge in [-0.25, -0.2) is 0 Å². The van der Waals surface area contributed by atoms with Crippen LogP contribution in [0.5, 0.6) is 0 Å². The first kappa shape index (κ1) is 14.5. The lowest BCUT2D eigenvalue weighted by Gasteiger charge is -2.38. The summed E-state index contributed by atoms with van der Waals surface area (Å²) in [7, 11) is 0. The Balaban J connectivity index is 2.20. The summed E-state index contributed by atoms with van der Waals surface area (Å²) in [6, 6.07) is 8.71. The first-order valence-corrected chi connectivity index (χ1v) is 7.38. The molecule has 0 saturated carbocycles. The number of rotatable bonds is 3. The first-order valence-electron chi connectivity index (χ1n) is 7.38. The maximum Gasteiger partial charge on any atom is 0.0832 e. The Morgan fingerprint density at radius 3 is 2.58 bits per heavy atom. The van der Waals surface area contributed by atoms with E-state index in [0.29, 0.717) is 0 Å². The molecule has 0 aliphatic heterocycles. The molecule has 3 unspecified atom stereocenters. The Kier molecular flexibility index (Phi) is 4.32. The monoisotopic (exact) mass is 261 g/mol. The molecule has 106 valence electrons. The zero-order valence-corrected chi connectivity index (χ0v) is 12.6. The van der Waals surface area contributed by atoms with Crippen LogP contribution in [0.3, 0.4) is 0 Å². The molecule has 0 radical (unpaired) electrons. The number of benzene rings is 1. The van der Waals surface area contributed by atoms with Crippen LogP contribution in [0.1, 0.15) is 57.8 Å². The minimum Gasteiger partial charge on any atom is -0.368 e. The molecule has 2 nitrogen and oxygen atoms in total. The molecule has 2 N–H and O–H groups in total. The highest BCUT2D eigenvalue weighted by Gasteiger charge is 2.33. The number of nitrogens with two attached hydrogens (primary N) is 1. The van der Waals surface area contributed by atoms with Gasteiger partial charge in [0.25, 0.3) is 0 Å². The van der Waals surface area contributed by atoms with E-state index >= 15 is 0 Å². The van der Waals surface area contributed by atoms with Gasteiger partial charge in [0.1, 0.15) is 0 Å². The van der Waals surface area contributed by atoms with Crippen LogP contribution in [0.15, 0.2) is 24.3 Å². The lowest BCUT2D eigenvalue weighted by molar-refractivity contribution is -0.0835. The molecule has 0 bridgehead atoms. The lowest BCUT2D eigenvalue weighted by atomic mass is 9.84. The number of ether oxygens (including phenoxy) is 1. The smallest absolute Gasteiger partial charge is 0.0832 e. The maximum absolute atomic E-state index is 6.42. The predicted octanol–water partition coefficient (Wildman–Crippen LogP) is 3.84. The standard InChI is InChI=1S/C17H27NO/c1-12(18)16(17(2,3)4)19-15-11-7-9-13-8-5-6-10-14(13)15/h5-6,8,10,12,15-16H,7,9,11,18H2,1-4H3. The predicted molar refractivity (Wildman–Crippen MR) is 80.1 cm³/mol. The van der Waals surface area contributed by atoms with Crippen molar-refractivity contribution in [1.29, 1.82) is 0 Å². The molecule has 3 atom stereocenters. The molecule has 0 saturated heterocycles. The van der Waals surface area contributed by atoms with Crippen molar-refractivity contribution in [1.82, 2.24) is 0 Å². The van der Waals surface area contributed by atoms with Gasteiger partial charge >= 0.3 is 0 Å². The fourth-order valence-electron chi connectivity index (χ4n) is 3.14. The van der Waals surface area contributed by atoms with E-state index in [4.69, 9.17) is 10.5 Å². The summed E-state index contributed by atoms with van der Waals surface area (Å²) in [5.74, 6) is 0. The number of hydrogen-bond acceptors (Lipinski definition) is 2. The van der Waals surface area contributed by atoms with Gasteiger partial charge in [-0.05, 0) is 42.7 Å². The van der Waals surface area contributed by atoms with Crippen LogP contribution in [0, 0.1) is 5.41 Å². The van der Waals surface area contributed by atoms with Crippen molar-refractivity contribution < 1.29 is 4.74 Å². The summed E-state index contributed by atoms with van der Waals surface area (Å²) >= 11 is 0. The zero-order chi connectivity index (χ0) is 14.0. The molecule has 1 aliphatic rings. The summed E-state index contributed by atoms with van der Waals surface area (Å²) in [5, 5.41) is 0.